The van der Waals surface area contributed by atoms with Crippen LogP contribution in [0.4, 0.5) is 5.69 Å². The van der Waals surface area contributed by atoms with E-state index >= 15 is 0 Å². The van der Waals surface area contributed by atoms with Crippen molar-refractivity contribution in [1.29, 1.82) is 0 Å². The van der Waals surface area contributed by atoms with Crippen LogP contribution in [0.25, 0.3) is 0 Å². The number of halogens is 2. The maximum Gasteiger partial charge on any atom is 0.0474 e. The normalized spacial score (nSPS) is 10.2. The van der Waals surface area contributed by atoms with Gasteiger partial charge in [-0.1, -0.05) is 40.2 Å². The Morgan fingerprint density at radius 3 is 2.47 bits per heavy atom. The van der Waals surface area contributed by atoms with Crippen molar-refractivity contribution in [2.24, 2.45) is 0 Å². The van der Waals surface area contributed by atoms with Gasteiger partial charge in [0.05, 0.1) is 0 Å². The summed E-state index contributed by atoms with van der Waals surface area (Å²) in [5.74, 6) is 0.549. The van der Waals surface area contributed by atoms with E-state index in [2.05, 4.69) is 45.5 Å². The molecule has 0 atom stereocenters. The zero-order chi connectivity index (χ0) is 12.1. The van der Waals surface area contributed by atoms with E-state index in [1.165, 1.54) is 5.56 Å². The number of hydrogen-bond donors (Lipinski definition) is 1. The standard InChI is InChI=1S/C14H13BrClN/c15-13-6-4-11(5-7-13)10-17-14-3-1-2-12(8-14)9-16/h1-8,17H,9-10H2. The second-order valence-electron chi connectivity index (χ2n) is 3.81. The van der Waals surface area contributed by atoms with Gasteiger partial charge in [0.2, 0.25) is 0 Å². The first-order valence-electron chi connectivity index (χ1n) is 5.41. The van der Waals surface area contributed by atoms with E-state index in [0.29, 0.717) is 5.88 Å². The molecular weight excluding hydrogens is 298 g/mol. The summed E-state index contributed by atoms with van der Waals surface area (Å²) in [5.41, 5.74) is 3.49. The lowest BCUT2D eigenvalue weighted by molar-refractivity contribution is 1.14. The number of anilines is 1. The Morgan fingerprint density at radius 1 is 1.00 bits per heavy atom. The molecule has 17 heavy (non-hydrogen) atoms. The van der Waals surface area contributed by atoms with Crippen LogP contribution in [0.2, 0.25) is 0 Å². The lowest BCUT2D eigenvalue weighted by Crippen LogP contribution is -1.99. The van der Waals surface area contributed by atoms with Crippen molar-refractivity contribution in [2.75, 3.05) is 5.32 Å². The van der Waals surface area contributed by atoms with Gasteiger partial charge in [-0.3, -0.25) is 0 Å². The molecule has 0 aliphatic rings. The van der Waals surface area contributed by atoms with Crippen molar-refractivity contribution in [3.63, 3.8) is 0 Å². The molecule has 88 valence electrons. The molecule has 1 nitrogen and oxygen atoms in total. The minimum Gasteiger partial charge on any atom is -0.381 e. The van der Waals surface area contributed by atoms with E-state index in [9.17, 15) is 0 Å². The summed E-state index contributed by atoms with van der Waals surface area (Å²) in [7, 11) is 0. The van der Waals surface area contributed by atoms with Crippen molar-refractivity contribution in [3.05, 3.63) is 64.1 Å². The van der Waals surface area contributed by atoms with Gasteiger partial charge in [-0.05, 0) is 35.4 Å². The van der Waals surface area contributed by atoms with Crippen LogP contribution in [-0.4, -0.2) is 0 Å². The van der Waals surface area contributed by atoms with Crippen LogP contribution >= 0.6 is 27.5 Å². The predicted octanol–water partition coefficient (Wildman–Crippen LogP) is 4.80. The van der Waals surface area contributed by atoms with E-state index < -0.39 is 0 Å². The summed E-state index contributed by atoms with van der Waals surface area (Å²) in [6.45, 7) is 0.818. The molecule has 0 saturated carbocycles. The summed E-state index contributed by atoms with van der Waals surface area (Å²) in [4.78, 5) is 0. The molecule has 0 spiro atoms. The highest BCUT2D eigenvalue weighted by Gasteiger charge is 1.96. The van der Waals surface area contributed by atoms with Crippen LogP contribution in [0, 0.1) is 0 Å². The van der Waals surface area contributed by atoms with Crippen molar-refractivity contribution in [1.82, 2.24) is 0 Å². The van der Waals surface area contributed by atoms with Crippen molar-refractivity contribution in [2.45, 2.75) is 12.4 Å². The van der Waals surface area contributed by atoms with Gasteiger partial charge in [-0.25, -0.2) is 0 Å². The van der Waals surface area contributed by atoms with Crippen LogP contribution in [0.3, 0.4) is 0 Å². The van der Waals surface area contributed by atoms with Crippen LogP contribution in [0.1, 0.15) is 11.1 Å². The molecule has 3 heteroatoms. The van der Waals surface area contributed by atoms with Gasteiger partial charge in [-0.2, -0.15) is 0 Å². The molecule has 2 aromatic rings. The Kier molecular flexibility index (Phi) is 4.46. The SMILES string of the molecule is ClCc1cccc(NCc2ccc(Br)cc2)c1. The van der Waals surface area contributed by atoms with Crippen LogP contribution in [-0.2, 0) is 12.4 Å². The van der Waals surface area contributed by atoms with Crippen LogP contribution < -0.4 is 5.32 Å². The fourth-order valence-corrected chi connectivity index (χ4v) is 2.00. The van der Waals surface area contributed by atoms with Crippen LogP contribution in [0.5, 0.6) is 0 Å². The van der Waals surface area contributed by atoms with Gasteiger partial charge in [-0.15, -0.1) is 11.6 Å². The fraction of sp³-hybridized carbons (Fsp3) is 0.143. The highest BCUT2D eigenvalue weighted by Crippen LogP contribution is 2.15. The van der Waals surface area contributed by atoms with E-state index in [1.54, 1.807) is 0 Å². The van der Waals surface area contributed by atoms with Gasteiger partial charge < -0.3 is 5.32 Å². The van der Waals surface area contributed by atoms with Gasteiger partial charge >= 0.3 is 0 Å². The molecule has 0 aromatic heterocycles. The zero-order valence-corrected chi connectivity index (χ0v) is 11.6. The first-order valence-corrected chi connectivity index (χ1v) is 6.74. The third-order valence-electron chi connectivity index (χ3n) is 2.49. The maximum absolute atomic E-state index is 5.80. The van der Waals surface area contributed by atoms with Gasteiger partial charge in [0.1, 0.15) is 0 Å². The summed E-state index contributed by atoms with van der Waals surface area (Å²) in [6, 6.07) is 16.5. The third kappa shape index (κ3) is 3.76. The zero-order valence-electron chi connectivity index (χ0n) is 9.29. The predicted molar refractivity (Wildman–Crippen MR) is 77.5 cm³/mol. The molecule has 0 saturated heterocycles. The minimum absolute atomic E-state index is 0.549. The van der Waals surface area contributed by atoms with Crippen molar-refractivity contribution in [3.8, 4) is 0 Å². The van der Waals surface area contributed by atoms with Gasteiger partial charge in [0.25, 0.3) is 0 Å². The summed E-state index contributed by atoms with van der Waals surface area (Å²) in [5, 5.41) is 3.38. The Balaban J connectivity index is 1.99. The molecule has 0 bridgehead atoms. The highest BCUT2D eigenvalue weighted by atomic mass is 79.9. The number of alkyl halides is 1. The van der Waals surface area contributed by atoms with E-state index in [0.717, 1.165) is 22.3 Å². The largest absolute Gasteiger partial charge is 0.381 e. The van der Waals surface area contributed by atoms with E-state index in [1.807, 2.05) is 24.3 Å². The van der Waals surface area contributed by atoms with Gasteiger partial charge in [0.15, 0.2) is 0 Å². The molecule has 0 heterocycles. The first-order chi connectivity index (χ1) is 8.28. The molecule has 0 fully saturated rings. The summed E-state index contributed by atoms with van der Waals surface area (Å²) in [6.07, 6.45) is 0. The molecule has 0 aliphatic heterocycles. The molecule has 0 radical (unpaired) electrons. The lowest BCUT2D eigenvalue weighted by Gasteiger charge is -2.07. The molecule has 2 aromatic carbocycles. The molecule has 2 rings (SSSR count). The van der Waals surface area contributed by atoms with Crippen LogP contribution in [0.15, 0.2) is 53.0 Å². The number of rotatable bonds is 4. The lowest BCUT2D eigenvalue weighted by atomic mass is 10.2. The maximum atomic E-state index is 5.80. The summed E-state index contributed by atoms with van der Waals surface area (Å²) >= 11 is 9.23. The minimum atomic E-state index is 0.549. The smallest absolute Gasteiger partial charge is 0.0474 e. The molecule has 1 N–H and O–H groups in total. The second kappa shape index (κ2) is 6.08. The van der Waals surface area contributed by atoms with Crippen molar-refractivity contribution >= 4 is 33.2 Å². The number of nitrogens with one attached hydrogen (secondary N) is 1. The third-order valence-corrected chi connectivity index (χ3v) is 3.33. The molecule has 0 unspecified atom stereocenters. The van der Waals surface area contributed by atoms with E-state index in [4.69, 9.17) is 11.6 Å². The molecular formula is C14H13BrClN. The fourth-order valence-electron chi connectivity index (χ4n) is 1.57. The topological polar surface area (TPSA) is 12.0 Å². The number of benzene rings is 2. The molecule has 0 amide bonds. The monoisotopic (exact) mass is 309 g/mol. The second-order valence-corrected chi connectivity index (χ2v) is 5.00. The average molecular weight is 311 g/mol. The Morgan fingerprint density at radius 2 is 1.76 bits per heavy atom. The quantitative estimate of drug-likeness (QED) is 0.800. The first kappa shape index (κ1) is 12.5. The van der Waals surface area contributed by atoms with Gasteiger partial charge in [0, 0.05) is 22.6 Å². The summed E-state index contributed by atoms with van der Waals surface area (Å²) < 4.78 is 1.10. The molecule has 0 aliphatic carbocycles. The Bertz CT molecular complexity index is 482. The van der Waals surface area contributed by atoms with E-state index in [-0.39, 0.29) is 0 Å². The van der Waals surface area contributed by atoms with Crippen molar-refractivity contribution < 1.29 is 0 Å². The Labute approximate surface area is 115 Å². The number of hydrogen-bond acceptors (Lipinski definition) is 1. The average Bonchev–Trinajstić information content (AvgIpc) is 2.38. The highest BCUT2D eigenvalue weighted by molar-refractivity contribution is 9.10. The Hall–Kier alpha value is -0.990.